The molecule has 1 aromatic heterocycles. The molecule has 0 radical (unpaired) electrons. The summed E-state index contributed by atoms with van der Waals surface area (Å²) in [5.41, 5.74) is 3.44. The van der Waals surface area contributed by atoms with Crippen molar-refractivity contribution in [2.45, 2.75) is 13.3 Å². The molecule has 0 saturated heterocycles. The number of ether oxygens (including phenoxy) is 3. The van der Waals surface area contributed by atoms with E-state index in [1.807, 2.05) is 31.2 Å². The molecule has 0 fully saturated rings. The van der Waals surface area contributed by atoms with Gasteiger partial charge in [0.25, 0.3) is 5.91 Å². The van der Waals surface area contributed by atoms with Crippen LogP contribution in [0.2, 0.25) is 0 Å². The first kappa shape index (κ1) is 22.5. The maximum Gasteiger partial charge on any atom is 0.258 e. The van der Waals surface area contributed by atoms with E-state index in [-0.39, 0.29) is 18.3 Å². The summed E-state index contributed by atoms with van der Waals surface area (Å²) < 4.78 is 31.5. The summed E-state index contributed by atoms with van der Waals surface area (Å²) in [6.45, 7) is 4.12. The number of hydrogen-bond donors (Lipinski definition) is 1. The van der Waals surface area contributed by atoms with Crippen molar-refractivity contribution in [3.05, 3.63) is 72.1 Å². The molecule has 1 N–H and O–H groups in total. The molecule has 0 saturated carbocycles. The molecule has 0 aliphatic carbocycles. The number of amides is 1. The van der Waals surface area contributed by atoms with E-state index in [0.29, 0.717) is 49.4 Å². The Morgan fingerprint density at radius 3 is 2.64 bits per heavy atom. The molecule has 0 unspecified atom stereocenters. The summed E-state index contributed by atoms with van der Waals surface area (Å²) in [5, 5.41) is 7.48. The molecule has 7 nitrogen and oxygen atoms in total. The Morgan fingerprint density at radius 1 is 1.15 bits per heavy atom. The average Bonchev–Trinajstić information content (AvgIpc) is 3.27. The van der Waals surface area contributed by atoms with Gasteiger partial charge in [-0.05, 0) is 61.9 Å². The van der Waals surface area contributed by atoms with E-state index in [1.165, 1.54) is 17.7 Å². The monoisotopic (exact) mass is 451 g/mol. The van der Waals surface area contributed by atoms with Crippen LogP contribution in [0, 0.1) is 5.82 Å². The molecule has 2 heterocycles. The van der Waals surface area contributed by atoms with Gasteiger partial charge in [0.1, 0.15) is 11.6 Å². The predicted octanol–water partition coefficient (Wildman–Crippen LogP) is 3.92. The summed E-state index contributed by atoms with van der Waals surface area (Å²) in [6.07, 6.45) is 2.84. The second-order valence-corrected chi connectivity index (χ2v) is 7.47. The third kappa shape index (κ3) is 5.98. The topological polar surface area (TPSA) is 74.6 Å². The van der Waals surface area contributed by atoms with Crippen LogP contribution in [0.5, 0.6) is 11.6 Å². The van der Waals surface area contributed by atoms with E-state index in [4.69, 9.17) is 14.2 Å². The van der Waals surface area contributed by atoms with Crippen LogP contribution < -0.4 is 14.8 Å². The number of nitrogens with zero attached hydrogens (tertiary/aromatic N) is 2. The zero-order chi connectivity index (χ0) is 23.0. The van der Waals surface area contributed by atoms with Crippen LogP contribution in [0.3, 0.4) is 0 Å². The zero-order valence-corrected chi connectivity index (χ0v) is 18.4. The van der Waals surface area contributed by atoms with E-state index in [9.17, 15) is 9.18 Å². The fraction of sp³-hybridized carbons (Fsp3) is 0.280. The summed E-state index contributed by atoms with van der Waals surface area (Å²) in [4.78, 5) is 12.1. The summed E-state index contributed by atoms with van der Waals surface area (Å²) in [7, 11) is 0. The minimum atomic E-state index is -0.311. The third-order valence-electron chi connectivity index (χ3n) is 5.13. The van der Waals surface area contributed by atoms with Gasteiger partial charge < -0.3 is 19.5 Å². The van der Waals surface area contributed by atoms with Gasteiger partial charge in [0, 0.05) is 18.2 Å². The Kier molecular flexibility index (Phi) is 7.36. The molecule has 1 aliphatic rings. The van der Waals surface area contributed by atoms with Crippen LogP contribution in [0.25, 0.3) is 16.9 Å². The predicted molar refractivity (Wildman–Crippen MR) is 122 cm³/mol. The number of nitrogens with one attached hydrogen (secondary N) is 1. The SMILES string of the molecule is CCOc1cc(-c2ccc(OCC(=O)NCC3=CCOCC3)cc2)nn1-c1ccc(F)cc1. The molecular weight excluding hydrogens is 425 g/mol. The molecule has 1 aliphatic heterocycles. The lowest BCUT2D eigenvalue weighted by Crippen LogP contribution is -2.31. The van der Waals surface area contributed by atoms with Gasteiger partial charge in [-0.1, -0.05) is 11.6 Å². The highest BCUT2D eigenvalue weighted by Gasteiger charge is 2.13. The lowest BCUT2D eigenvalue weighted by Gasteiger charge is -2.14. The number of rotatable bonds is 9. The second-order valence-electron chi connectivity index (χ2n) is 7.47. The fourth-order valence-electron chi connectivity index (χ4n) is 3.38. The highest BCUT2D eigenvalue weighted by Crippen LogP contribution is 2.28. The van der Waals surface area contributed by atoms with Crippen LogP contribution in [0.15, 0.2) is 66.2 Å². The van der Waals surface area contributed by atoms with E-state index in [2.05, 4.69) is 10.4 Å². The molecule has 2 aromatic carbocycles. The molecule has 172 valence electrons. The van der Waals surface area contributed by atoms with Gasteiger partial charge in [-0.2, -0.15) is 5.10 Å². The standard InChI is InChI=1S/C25H26FN3O4/c1-2-32-25-15-23(28-29(25)21-7-5-20(26)6-8-21)19-3-9-22(10-4-19)33-17-24(30)27-16-18-11-13-31-14-12-18/h3-11,15H,2,12-14,16-17H2,1H3,(H,27,30). The Balaban J connectivity index is 1.38. The minimum Gasteiger partial charge on any atom is -0.484 e. The highest BCUT2D eigenvalue weighted by atomic mass is 19.1. The van der Waals surface area contributed by atoms with E-state index in [0.717, 1.165) is 12.0 Å². The van der Waals surface area contributed by atoms with Gasteiger partial charge >= 0.3 is 0 Å². The van der Waals surface area contributed by atoms with Crippen molar-refractivity contribution in [2.75, 3.05) is 33.0 Å². The molecule has 0 spiro atoms. The van der Waals surface area contributed by atoms with Gasteiger partial charge in [-0.15, -0.1) is 0 Å². The Morgan fingerprint density at radius 2 is 1.94 bits per heavy atom. The quantitative estimate of drug-likeness (QED) is 0.499. The maximum atomic E-state index is 13.3. The lowest BCUT2D eigenvalue weighted by molar-refractivity contribution is -0.122. The molecule has 1 amide bonds. The van der Waals surface area contributed by atoms with E-state index >= 15 is 0 Å². The molecule has 8 heteroatoms. The summed E-state index contributed by atoms with van der Waals surface area (Å²) in [6, 6.07) is 15.2. The van der Waals surface area contributed by atoms with Gasteiger partial charge in [0.05, 0.1) is 31.2 Å². The fourth-order valence-corrected chi connectivity index (χ4v) is 3.38. The Labute approximate surface area is 191 Å². The largest absolute Gasteiger partial charge is 0.484 e. The van der Waals surface area contributed by atoms with Crippen molar-refractivity contribution < 1.29 is 23.4 Å². The van der Waals surface area contributed by atoms with Crippen LogP contribution in [-0.4, -0.2) is 48.7 Å². The number of hydrogen-bond acceptors (Lipinski definition) is 5. The number of benzene rings is 2. The van der Waals surface area contributed by atoms with Crippen molar-refractivity contribution in [3.63, 3.8) is 0 Å². The Hall–Kier alpha value is -3.65. The van der Waals surface area contributed by atoms with Crippen molar-refractivity contribution >= 4 is 5.91 Å². The first-order valence-corrected chi connectivity index (χ1v) is 10.9. The number of aromatic nitrogens is 2. The summed E-state index contributed by atoms with van der Waals surface area (Å²) >= 11 is 0. The Bertz CT molecular complexity index is 1110. The summed E-state index contributed by atoms with van der Waals surface area (Å²) in [5.74, 6) is 0.665. The second kappa shape index (κ2) is 10.8. The number of halogens is 1. The van der Waals surface area contributed by atoms with Crippen LogP contribution >= 0.6 is 0 Å². The van der Waals surface area contributed by atoms with Crippen molar-refractivity contribution in [1.29, 1.82) is 0 Å². The first-order chi connectivity index (χ1) is 16.1. The molecule has 0 bridgehead atoms. The highest BCUT2D eigenvalue weighted by molar-refractivity contribution is 5.77. The average molecular weight is 451 g/mol. The van der Waals surface area contributed by atoms with Gasteiger partial charge in [-0.3, -0.25) is 4.79 Å². The van der Waals surface area contributed by atoms with Crippen LogP contribution in [0.1, 0.15) is 13.3 Å². The third-order valence-corrected chi connectivity index (χ3v) is 5.13. The smallest absolute Gasteiger partial charge is 0.258 e. The van der Waals surface area contributed by atoms with Gasteiger partial charge in [0.15, 0.2) is 6.61 Å². The zero-order valence-electron chi connectivity index (χ0n) is 18.4. The van der Waals surface area contributed by atoms with Crippen molar-refractivity contribution in [1.82, 2.24) is 15.1 Å². The van der Waals surface area contributed by atoms with Gasteiger partial charge in [0.2, 0.25) is 5.88 Å². The van der Waals surface area contributed by atoms with E-state index in [1.54, 1.807) is 28.9 Å². The first-order valence-electron chi connectivity index (χ1n) is 10.9. The lowest BCUT2D eigenvalue weighted by atomic mass is 10.1. The molecule has 33 heavy (non-hydrogen) atoms. The van der Waals surface area contributed by atoms with Crippen molar-refractivity contribution in [3.8, 4) is 28.6 Å². The maximum absolute atomic E-state index is 13.3. The molecule has 3 aromatic rings. The molecule has 4 rings (SSSR count). The minimum absolute atomic E-state index is 0.0587. The van der Waals surface area contributed by atoms with Crippen molar-refractivity contribution in [2.24, 2.45) is 0 Å². The molecular formula is C25H26FN3O4. The van der Waals surface area contributed by atoms with Gasteiger partial charge in [-0.25, -0.2) is 9.07 Å². The van der Waals surface area contributed by atoms with E-state index < -0.39 is 0 Å². The van der Waals surface area contributed by atoms with Crippen LogP contribution in [-0.2, 0) is 9.53 Å². The number of carbonyl (C=O) groups excluding carboxylic acids is 1. The normalized spacial score (nSPS) is 13.3. The number of carbonyl (C=O) groups is 1. The molecule has 0 atom stereocenters. The van der Waals surface area contributed by atoms with Crippen LogP contribution in [0.4, 0.5) is 4.39 Å².